The van der Waals surface area contributed by atoms with Crippen molar-refractivity contribution in [2.75, 3.05) is 5.88 Å². The van der Waals surface area contributed by atoms with Gasteiger partial charge in [0.2, 0.25) is 0 Å². The Labute approximate surface area is 94.9 Å². The van der Waals surface area contributed by atoms with Crippen LogP contribution < -0.4 is 5.32 Å². The van der Waals surface area contributed by atoms with Gasteiger partial charge >= 0.3 is 0 Å². The number of pyridine rings is 1. The minimum atomic E-state index is -0.161. The van der Waals surface area contributed by atoms with Crippen LogP contribution in [0.1, 0.15) is 29.5 Å². The Bertz CT molecular complexity index is 337. The lowest BCUT2D eigenvalue weighted by molar-refractivity contribution is 0.0934. The number of carbonyl (C=O) groups excluding carboxylic acids is 1. The second kappa shape index (κ2) is 5.71. The summed E-state index contributed by atoms with van der Waals surface area (Å²) in [4.78, 5) is 15.8. The molecular weight excluding hydrogens is 212 g/mol. The molecule has 3 nitrogen and oxygen atoms in total. The van der Waals surface area contributed by atoms with Crippen molar-refractivity contribution in [2.24, 2.45) is 0 Å². The topological polar surface area (TPSA) is 42.0 Å². The van der Waals surface area contributed by atoms with E-state index in [1.807, 2.05) is 26.0 Å². The van der Waals surface area contributed by atoms with Crippen LogP contribution in [0.5, 0.6) is 0 Å². The normalized spacial score (nSPS) is 12.2. The van der Waals surface area contributed by atoms with Crippen LogP contribution in [-0.2, 0) is 0 Å². The van der Waals surface area contributed by atoms with Gasteiger partial charge in [0.25, 0.3) is 5.91 Å². The highest BCUT2D eigenvalue weighted by Crippen LogP contribution is 2.00. The summed E-state index contributed by atoms with van der Waals surface area (Å²) in [6.45, 7) is 3.84. The lowest BCUT2D eigenvalue weighted by Crippen LogP contribution is -2.36. The van der Waals surface area contributed by atoms with Crippen molar-refractivity contribution in [1.82, 2.24) is 10.3 Å². The maximum Gasteiger partial charge on any atom is 0.270 e. The average molecular weight is 227 g/mol. The van der Waals surface area contributed by atoms with E-state index in [-0.39, 0.29) is 11.9 Å². The number of nitrogens with zero attached hydrogens (tertiary/aromatic N) is 1. The molecule has 0 aliphatic heterocycles. The Morgan fingerprint density at radius 1 is 1.60 bits per heavy atom. The van der Waals surface area contributed by atoms with Crippen LogP contribution in [0.4, 0.5) is 0 Å². The average Bonchev–Trinajstić information content (AvgIpc) is 2.25. The largest absolute Gasteiger partial charge is 0.347 e. The van der Waals surface area contributed by atoms with Gasteiger partial charge in [-0.3, -0.25) is 4.79 Å². The van der Waals surface area contributed by atoms with Crippen molar-refractivity contribution in [2.45, 2.75) is 26.3 Å². The zero-order valence-corrected chi connectivity index (χ0v) is 9.71. The number of amides is 1. The molecular formula is C11H15ClN2O. The van der Waals surface area contributed by atoms with E-state index in [0.717, 1.165) is 12.1 Å². The number of rotatable bonds is 4. The molecule has 1 heterocycles. The summed E-state index contributed by atoms with van der Waals surface area (Å²) in [6, 6.07) is 5.39. The molecule has 0 aromatic carbocycles. The fraction of sp³-hybridized carbons (Fsp3) is 0.455. The van der Waals surface area contributed by atoms with Gasteiger partial charge < -0.3 is 5.32 Å². The second-order valence-electron chi connectivity index (χ2n) is 3.40. The predicted molar refractivity (Wildman–Crippen MR) is 61.2 cm³/mol. The number of hydrogen-bond donors (Lipinski definition) is 1. The molecule has 0 saturated heterocycles. The number of hydrogen-bond acceptors (Lipinski definition) is 2. The first-order valence-electron chi connectivity index (χ1n) is 4.97. The van der Waals surface area contributed by atoms with Crippen LogP contribution in [0.3, 0.4) is 0 Å². The van der Waals surface area contributed by atoms with E-state index in [4.69, 9.17) is 11.6 Å². The molecule has 0 radical (unpaired) electrons. The van der Waals surface area contributed by atoms with Crippen LogP contribution in [0.2, 0.25) is 0 Å². The van der Waals surface area contributed by atoms with E-state index < -0.39 is 0 Å². The quantitative estimate of drug-likeness (QED) is 0.800. The van der Waals surface area contributed by atoms with Gasteiger partial charge in [0, 0.05) is 17.6 Å². The van der Waals surface area contributed by atoms with Crippen LogP contribution in [0, 0.1) is 6.92 Å². The highest BCUT2D eigenvalue weighted by Gasteiger charge is 2.11. The number of carbonyl (C=O) groups is 1. The van der Waals surface area contributed by atoms with Gasteiger partial charge in [0.05, 0.1) is 0 Å². The molecule has 0 fully saturated rings. The van der Waals surface area contributed by atoms with Crippen molar-refractivity contribution in [1.29, 1.82) is 0 Å². The van der Waals surface area contributed by atoms with Gasteiger partial charge in [-0.2, -0.15) is 0 Å². The Hall–Kier alpha value is -1.09. The third-order valence-electron chi connectivity index (χ3n) is 2.14. The summed E-state index contributed by atoms with van der Waals surface area (Å²) in [6.07, 6.45) is 0.820. The van der Waals surface area contributed by atoms with E-state index in [0.29, 0.717) is 11.6 Å². The third-order valence-corrected chi connectivity index (χ3v) is 2.51. The fourth-order valence-electron chi connectivity index (χ4n) is 1.18. The Kier molecular flexibility index (Phi) is 4.56. The van der Waals surface area contributed by atoms with Gasteiger partial charge in [-0.15, -0.1) is 11.6 Å². The lowest BCUT2D eigenvalue weighted by Gasteiger charge is -2.13. The number of aryl methyl sites for hydroxylation is 1. The monoisotopic (exact) mass is 226 g/mol. The number of halogens is 1. The highest BCUT2D eigenvalue weighted by atomic mass is 35.5. The van der Waals surface area contributed by atoms with E-state index >= 15 is 0 Å². The second-order valence-corrected chi connectivity index (χ2v) is 3.71. The van der Waals surface area contributed by atoms with Gasteiger partial charge in [0.15, 0.2) is 0 Å². The van der Waals surface area contributed by atoms with Crippen LogP contribution in [0.25, 0.3) is 0 Å². The summed E-state index contributed by atoms with van der Waals surface area (Å²) in [7, 11) is 0. The van der Waals surface area contributed by atoms with Crippen LogP contribution >= 0.6 is 11.6 Å². The van der Waals surface area contributed by atoms with Gasteiger partial charge in [0.1, 0.15) is 5.69 Å². The van der Waals surface area contributed by atoms with Crippen molar-refractivity contribution < 1.29 is 4.79 Å². The lowest BCUT2D eigenvalue weighted by atomic mass is 10.2. The SMILES string of the molecule is CCC(CCl)NC(=O)c1cccc(C)n1. The van der Waals surface area contributed by atoms with Crippen molar-refractivity contribution in [3.63, 3.8) is 0 Å². The first-order chi connectivity index (χ1) is 7.17. The molecule has 0 saturated carbocycles. The van der Waals surface area contributed by atoms with Gasteiger partial charge in [-0.05, 0) is 25.5 Å². The zero-order chi connectivity index (χ0) is 11.3. The smallest absolute Gasteiger partial charge is 0.270 e. The Balaban J connectivity index is 2.68. The van der Waals surface area contributed by atoms with Crippen molar-refractivity contribution >= 4 is 17.5 Å². The molecule has 15 heavy (non-hydrogen) atoms. The highest BCUT2D eigenvalue weighted by molar-refractivity contribution is 6.18. The van der Waals surface area contributed by atoms with E-state index in [1.165, 1.54) is 0 Å². The minimum Gasteiger partial charge on any atom is -0.347 e. The first-order valence-corrected chi connectivity index (χ1v) is 5.51. The predicted octanol–water partition coefficient (Wildman–Crippen LogP) is 2.14. The van der Waals surface area contributed by atoms with E-state index in [9.17, 15) is 4.79 Å². The molecule has 1 aromatic rings. The van der Waals surface area contributed by atoms with Crippen molar-refractivity contribution in [3.05, 3.63) is 29.6 Å². The van der Waals surface area contributed by atoms with Crippen LogP contribution in [-0.4, -0.2) is 22.8 Å². The van der Waals surface area contributed by atoms with Crippen LogP contribution in [0.15, 0.2) is 18.2 Å². The molecule has 0 aliphatic rings. The minimum absolute atomic E-state index is 0.0153. The number of aromatic nitrogens is 1. The third kappa shape index (κ3) is 3.51. The molecule has 1 rings (SSSR count). The summed E-state index contributed by atoms with van der Waals surface area (Å²) >= 11 is 5.70. The summed E-state index contributed by atoms with van der Waals surface area (Å²) in [5.74, 6) is 0.264. The number of nitrogens with one attached hydrogen (secondary N) is 1. The molecule has 0 bridgehead atoms. The summed E-state index contributed by atoms with van der Waals surface area (Å²) in [5, 5.41) is 2.83. The Morgan fingerprint density at radius 2 is 2.33 bits per heavy atom. The molecule has 1 atom stereocenters. The first kappa shape index (κ1) is 12.0. The zero-order valence-electron chi connectivity index (χ0n) is 8.96. The molecule has 1 N–H and O–H groups in total. The molecule has 4 heteroatoms. The van der Waals surface area contributed by atoms with E-state index in [2.05, 4.69) is 10.3 Å². The van der Waals surface area contributed by atoms with Gasteiger partial charge in [-0.1, -0.05) is 13.0 Å². The standard InChI is InChI=1S/C11H15ClN2O/c1-3-9(7-12)14-11(15)10-6-4-5-8(2)13-10/h4-6,9H,3,7H2,1-2H3,(H,14,15). The number of alkyl halides is 1. The maximum absolute atomic E-state index is 11.7. The fourth-order valence-corrected chi connectivity index (χ4v) is 1.47. The van der Waals surface area contributed by atoms with Gasteiger partial charge in [-0.25, -0.2) is 4.98 Å². The summed E-state index contributed by atoms with van der Waals surface area (Å²) < 4.78 is 0. The molecule has 1 aromatic heterocycles. The van der Waals surface area contributed by atoms with Crippen molar-refractivity contribution in [3.8, 4) is 0 Å². The molecule has 1 amide bonds. The molecule has 82 valence electrons. The molecule has 0 spiro atoms. The maximum atomic E-state index is 11.7. The summed E-state index contributed by atoms with van der Waals surface area (Å²) in [5.41, 5.74) is 1.28. The van der Waals surface area contributed by atoms with E-state index in [1.54, 1.807) is 6.07 Å². The molecule has 0 aliphatic carbocycles. The molecule has 1 unspecified atom stereocenters. The Morgan fingerprint density at radius 3 is 2.87 bits per heavy atom.